The fourth-order valence-corrected chi connectivity index (χ4v) is 3.23. The number of nitrogens with one attached hydrogen (secondary N) is 1. The molecule has 2 aromatic carbocycles. The van der Waals surface area contributed by atoms with Crippen LogP contribution < -0.4 is 14.2 Å². The minimum atomic E-state index is -0.0712. The first-order chi connectivity index (χ1) is 13.1. The van der Waals surface area contributed by atoms with E-state index >= 15 is 0 Å². The molecular weight excluding hydrogens is 344 g/mol. The molecule has 1 N–H and O–H groups in total. The third kappa shape index (κ3) is 3.43. The molecule has 27 heavy (non-hydrogen) atoms. The van der Waals surface area contributed by atoms with E-state index in [2.05, 4.69) is 4.98 Å². The number of carbonyl (C=O) groups excluding carboxylic acids is 1. The summed E-state index contributed by atoms with van der Waals surface area (Å²) in [4.78, 5) is 18.2. The third-order valence-electron chi connectivity index (χ3n) is 4.59. The maximum atomic E-state index is 13.3. The Morgan fingerprint density at radius 1 is 1.04 bits per heavy atom. The van der Waals surface area contributed by atoms with Crippen LogP contribution in [0.3, 0.4) is 0 Å². The first-order valence-corrected chi connectivity index (χ1v) is 8.77. The van der Waals surface area contributed by atoms with Gasteiger partial charge in [0.05, 0.1) is 37.8 Å². The number of benzene rings is 2. The summed E-state index contributed by atoms with van der Waals surface area (Å²) < 4.78 is 16.4. The molecule has 3 aromatic rings. The van der Waals surface area contributed by atoms with E-state index in [1.807, 2.05) is 37.3 Å². The van der Waals surface area contributed by atoms with E-state index in [0.717, 1.165) is 11.1 Å². The highest BCUT2D eigenvalue weighted by Crippen LogP contribution is 2.44. The van der Waals surface area contributed by atoms with Crippen LogP contribution in [0, 0.1) is 0 Å². The lowest BCUT2D eigenvalue weighted by Gasteiger charge is -2.21. The largest absolute Gasteiger partial charge is 0.493 e. The van der Waals surface area contributed by atoms with Gasteiger partial charge in [0.1, 0.15) is 0 Å². The first-order valence-electron chi connectivity index (χ1n) is 8.77. The van der Waals surface area contributed by atoms with Crippen molar-refractivity contribution in [3.8, 4) is 17.2 Å². The molecule has 0 atom stereocenters. The smallest absolute Gasteiger partial charge is 0.256 e. The number of methoxy groups -OCH3 is 3. The molecule has 1 aromatic heterocycles. The van der Waals surface area contributed by atoms with Crippen molar-refractivity contribution < 1.29 is 19.0 Å². The second-order valence-corrected chi connectivity index (χ2v) is 6.08. The van der Waals surface area contributed by atoms with E-state index in [1.54, 1.807) is 38.5 Å². The van der Waals surface area contributed by atoms with Gasteiger partial charge in [0.25, 0.3) is 5.91 Å². The number of fused-ring (bicyclic) bond motifs is 1. The number of ether oxygens (including phenoxy) is 3. The van der Waals surface area contributed by atoms with Crippen LogP contribution in [0.2, 0.25) is 0 Å². The Kier molecular flexibility index (Phi) is 5.54. The van der Waals surface area contributed by atoms with Crippen LogP contribution in [0.1, 0.15) is 22.8 Å². The van der Waals surface area contributed by atoms with Crippen molar-refractivity contribution in [1.82, 2.24) is 9.88 Å². The van der Waals surface area contributed by atoms with Gasteiger partial charge in [-0.05, 0) is 12.5 Å². The zero-order valence-electron chi connectivity index (χ0n) is 16.0. The predicted octanol–water partition coefficient (Wildman–Crippen LogP) is 3.86. The molecule has 1 amide bonds. The van der Waals surface area contributed by atoms with E-state index in [0.29, 0.717) is 41.3 Å². The Hall–Kier alpha value is -3.15. The van der Waals surface area contributed by atoms with Gasteiger partial charge in [0, 0.05) is 25.4 Å². The molecule has 142 valence electrons. The van der Waals surface area contributed by atoms with Gasteiger partial charge >= 0.3 is 0 Å². The van der Waals surface area contributed by atoms with Gasteiger partial charge in [-0.15, -0.1) is 0 Å². The summed E-state index contributed by atoms with van der Waals surface area (Å²) in [6, 6.07) is 11.7. The minimum absolute atomic E-state index is 0.0712. The molecule has 1 heterocycles. The van der Waals surface area contributed by atoms with Crippen LogP contribution in [0.4, 0.5) is 0 Å². The quantitative estimate of drug-likeness (QED) is 0.688. The summed E-state index contributed by atoms with van der Waals surface area (Å²) in [6.07, 6.45) is 1.71. The molecule has 0 aliphatic heterocycles. The van der Waals surface area contributed by atoms with Crippen molar-refractivity contribution in [3.05, 3.63) is 53.7 Å². The van der Waals surface area contributed by atoms with Crippen LogP contribution >= 0.6 is 0 Å². The number of hydrogen-bond donors (Lipinski definition) is 1. The lowest BCUT2D eigenvalue weighted by Crippen LogP contribution is -2.30. The number of H-pyrrole nitrogens is 1. The van der Waals surface area contributed by atoms with Crippen LogP contribution in [0.5, 0.6) is 17.2 Å². The van der Waals surface area contributed by atoms with Crippen molar-refractivity contribution in [2.24, 2.45) is 0 Å². The van der Waals surface area contributed by atoms with Crippen LogP contribution in [-0.4, -0.2) is 43.7 Å². The minimum Gasteiger partial charge on any atom is -0.493 e. The molecule has 0 fully saturated rings. The van der Waals surface area contributed by atoms with Gasteiger partial charge in [-0.1, -0.05) is 30.3 Å². The molecule has 6 nitrogen and oxygen atoms in total. The van der Waals surface area contributed by atoms with Crippen molar-refractivity contribution in [1.29, 1.82) is 0 Å². The maximum Gasteiger partial charge on any atom is 0.256 e. The molecule has 0 saturated carbocycles. The highest BCUT2D eigenvalue weighted by atomic mass is 16.5. The van der Waals surface area contributed by atoms with Gasteiger partial charge in [0.15, 0.2) is 11.5 Å². The summed E-state index contributed by atoms with van der Waals surface area (Å²) >= 11 is 0. The third-order valence-corrected chi connectivity index (χ3v) is 4.59. The van der Waals surface area contributed by atoms with Crippen molar-refractivity contribution in [2.75, 3.05) is 27.9 Å². The number of amides is 1. The Morgan fingerprint density at radius 2 is 1.74 bits per heavy atom. The van der Waals surface area contributed by atoms with E-state index in [4.69, 9.17) is 14.2 Å². The van der Waals surface area contributed by atoms with Gasteiger partial charge in [-0.25, -0.2) is 0 Å². The molecule has 0 bridgehead atoms. The fourth-order valence-electron chi connectivity index (χ4n) is 3.23. The van der Waals surface area contributed by atoms with Gasteiger partial charge in [-0.2, -0.15) is 0 Å². The number of aromatic nitrogens is 1. The topological polar surface area (TPSA) is 63.8 Å². The molecule has 3 rings (SSSR count). The van der Waals surface area contributed by atoms with Crippen LogP contribution in [0.15, 0.2) is 42.6 Å². The average Bonchev–Trinajstić information content (AvgIpc) is 3.14. The highest BCUT2D eigenvalue weighted by molar-refractivity contribution is 6.10. The predicted molar refractivity (Wildman–Crippen MR) is 105 cm³/mol. The molecule has 0 saturated heterocycles. The molecule has 0 unspecified atom stereocenters. The summed E-state index contributed by atoms with van der Waals surface area (Å²) in [5.41, 5.74) is 2.38. The number of aromatic amines is 1. The molecule has 6 heteroatoms. The molecular formula is C21H24N2O4. The second-order valence-electron chi connectivity index (χ2n) is 6.08. The lowest BCUT2D eigenvalue weighted by molar-refractivity contribution is 0.0754. The Labute approximate surface area is 158 Å². The summed E-state index contributed by atoms with van der Waals surface area (Å²) in [7, 11) is 4.67. The Balaban J connectivity index is 2.06. The monoisotopic (exact) mass is 368 g/mol. The van der Waals surface area contributed by atoms with Crippen molar-refractivity contribution in [2.45, 2.75) is 13.5 Å². The molecule has 0 radical (unpaired) electrons. The van der Waals surface area contributed by atoms with Crippen LogP contribution in [-0.2, 0) is 6.54 Å². The van der Waals surface area contributed by atoms with Crippen molar-refractivity contribution >= 4 is 16.8 Å². The maximum absolute atomic E-state index is 13.3. The normalized spacial score (nSPS) is 10.7. The van der Waals surface area contributed by atoms with E-state index in [9.17, 15) is 4.79 Å². The van der Waals surface area contributed by atoms with Crippen LogP contribution in [0.25, 0.3) is 10.9 Å². The lowest BCUT2D eigenvalue weighted by atomic mass is 10.1. The van der Waals surface area contributed by atoms with Gasteiger partial charge in [-0.3, -0.25) is 4.79 Å². The number of nitrogens with zero attached hydrogens (tertiary/aromatic N) is 1. The number of hydrogen-bond acceptors (Lipinski definition) is 4. The molecule has 0 spiro atoms. The SMILES string of the molecule is CCN(Cc1ccccc1)C(=O)c1c[nH]c2cc(OC)c(OC)c(OC)c12. The molecule has 0 aliphatic rings. The zero-order chi connectivity index (χ0) is 19.4. The summed E-state index contributed by atoms with van der Waals surface area (Å²) in [5, 5.41) is 0.687. The standard InChI is InChI=1S/C21H24N2O4/c1-5-23(13-14-9-7-6-8-10-14)21(24)15-12-22-16-11-17(25-2)19(26-3)20(27-4)18(15)16/h6-12,22H,5,13H2,1-4H3. The van der Waals surface area contributed by atoms with Gasteiger partial charge in [0.2, 0.25) is 5.75 Å². The molecule has 0 aliphatic carbocycles. The first kappa shape index (κ1) is 18.6. The average molecular weight is 368 g/mol. The van der Waals surface area contributed by atoms with Gasteiger partial charge < -0.3 is 24.1 Å². The summed E-state index contributed by atoms with van der Waals surface area (Å²) in [5.74, 6) is 1.41. The summed E-state index contributed by atoms with van der Waals surface area (Å²) in [6.45, 7) is 3.10. The highest BCUT2D eigenvalue weighted by Gasteiger charge is 2.25. The van der Waals surface area contributed by atoms with E-state index in [-0.39, 0.29) is 5.91 Å². The second kappa shape index (κ2) is 8.03. The van der Waals surface area contributed by atoms with E-state index < -0.39 is 0 Å². The fraction of sp³-hybridized carbons (Fsp3) is 0.286. The zero-order valence-corrected chi connectivity index (χ0v) is 16.0. The van der Waals surface area contributed by atoms with E-state index in [1.165, 1.54) is 0 Å². The number of rotatable bonds is 7. The van der Waals surface area contributed by atoms with Crippen molar-refractivity contribution in [3.63, 3.8) is 0 Å². The Bertz CT molecular complexity index is 934. The number of carbonyl (C=O) groups is 1. The Morgan fingerprint density at radius 3 is 2.33 bits per heavy atom.